The topological polar surface area (TPSA) is 49.9 Å². The van der Waals surface area contributed by atoms with Gasteiger partial charge in [0.1, 0.15) is 5.75 Å². The van der Waals surface area contributed by atoms with Crippen molar-refractivity contribution in [3.63, 3.8) is 0 Å². The van der Waals surface area contributed by atoms with Crippen molar-refractivity contribution < 1.29 is 14.3 Å². The number of carbonyl (C=O) groups is 2. The van der Waals surface area contributed by atoms with Gasteiger partial charge in [0.15, 0.2) is 6.61 Å². The van der Waals surface area contributed by atoms with E-state index in [9.17, 15) is 9.59 Å². The molecule has 0 N–H and O–H groups in total. The maximum atomic E-state index is 12.7. The summed E-state index contributed by atoms with van der Waals surface area (Å²) in [4.78, 5) is 29.1. The fourth-order valence-corrected chi connectivity index (χ4v) is 4.75. The van der Waals surface area contributed by atoms with E-state index in [1.165, 1.54) is 37.7 Å². The van der Waals surface area contributed by atoms with Gasteiger partial charge in [-0.3, -0.25) is 9.59 Å². The molecule has 1 aromatic carbocycles. The highest BCUT2D eigenvalue weighted by atomic mass is 16.5. The van der Waals surface area contributed by atoms with Gasteiger partial charge in [-0.2, -0.15) is 0 Å². The van der Waals surface area contributed by atoms with Crippen LogP contribution in [0, 0.1) is 12.8 Å². The Morgan fingerprint density at radius 2 is 1.58 bits per heavy atom. The van der Waals surface area contributed by atoms with E-state index < -0.39 is 0 Å². The lowest BCUT2D eigenvalue weighted by Crippen LogP contribution is -2.51. The lowest BCUT2D eigenvalue weighted by molar-refractivity contribution is -0.140. The second-order valence-electron chi connectivity index (χ2n) is 10.3. The van der Waals surface area contributed by atoms with Gasteiger partial charge in [-0.05, 0) is 36.3 Å². The molecule has 2 amide bonds. The van der Waals surface area contributed by atoms with Gasteiger partial charge in [-0.25, -0.2) is 0 Å². The molecule has 3 rings (SSSR count). The molecule has 1 saturated carbocycles. The average Bonchev–Trinajstić information content (AvgIpc) is 2.76. The summed E-state index contributed by atoms with van der Waals surface area (Å²) in [5, 5.41) is 0. The molecule has 1 aliphatic carbocycles. The molecule has 0 spiro atoms. The molecule has 0 atom stereocenters. The molecule has 31 heavy (non-hydrogen) atoms. The van der Waals surface area contributed by atoms with E-state index >= 15 is 0 Å². The molecule has 0 bridgehead atoms. The predicted molar refractivity (Wildman–Crippen MR) is 124 cm³/mol. The minimum absolute atomic E-state index is 0.00487. The lowest BCUT2D eigenvalue weighted by atomic mass is 9.85. The van der Waals surface area contributed by atoms with Gasteiger partial charge in [-0.15, -0.1) is 0 Å². The third-order valence-corrected chi connectivity index (χ3v) is 6.77. The van der Waals surface area contributed by atoms with Gasteiger partial charge in [0.25, 0.3) is 5.91 Å². The maximum Gasteiger partial charge on any atom is 0.260 e. The second kappa shape index (κ2) is 10.5. The summed E-state index contributed by atoms with van der Waals surface area (Å²) in [6.45, 7) is 11.0. The van der Waals surface area contributed by atoms with Crippen LogP contribution in [0.4, 0.5) is 0 Å². The highest BCUT2D eigenvalue weighted by Crippen LogP contribution is 2.32. The first-order valence-corrected chi connectivity index (χ1v) is 12.0. The van der Waals surface area contributed by atoms with Crippen LogP contribution in [0.25, 0.3) is 0 Å². The van der Waals surface area contributed by atoms with Crippen LogP contribution in [0.15, 0.2) is 18.2 Å². The van der Waals surface area contributed by atoms with Gasteiger partial charge in [-0.1, -0.05) is 70.6 Å². The molecular formula is C26H40N2O3. The number of hydrogen-bond acceptors (Lipinski definition) is 3. The summed E-state index contributed by atoms with van der Waals surface area (Å²) in [6.07, 6.45) is 8.25. The summed E-state index contributed by atoms with van der Waals surface area (Å²) in [7, 11) is 0. The minimum Gasteiger partial charge on any atom is -0.483 e. The number of benzene rings is 1. The molecule has 0 unspecified atom stereocenters. The number of nitrogens with zero attached hydrogens (tertiary/aromatic N) is 2. The van der Waals surface area contributed by atoms with Crippen LogP contribution in [0.5, 0.6) is 5.75 Å². The van der Waals surface area contributed by atoms with Crippen molar-refractivity contribution in [2.75, 3.05) is 32.8 Å². The Hall–Kier alpha value is -2.04. The first-order chi connectivity index (χ1) is 14.7. The fourth-order valence-electron chi connectivity index (χ4n) is 4.75. The van der Waals surface area contributed by atoms with Crippen LogP contribution in [0.1, 0.15) is 76.8 Å². The van der Waals surface area contributed by atoms with Crippen molar-refractivity contribution in [3.8, 4) is 5.75 Å². The van der Waals surface area contributed by atoms with E-state index in [-0.39, 0.29) is 23.8 Å². The number of amides is 2. The smallest absolute Gasteiger partial charge is 0.260 e. The zero-order valence-corrected chi connectivity index (χ0v) is 19.9. The number of ether oxygens (including phenoxy) is 1. The standard InChI is InChI=1S/C26H40N2O3/c1-20-10-12-23(22(18-20)26(2,3)4)31-19-25(30)28-16-14-27(15-17-28)24(29)13-11-21-8-6-5-7-9-21/h10,12,18,21H,5-9,11,13-17,19H2,1-4H3. The number of hydrogen-bond donors (Lipinski definition) is 0. The largest absolute Gasteiger partial charge is 0.483 e. The van der Waals surface area contributed by atoms with Crippen LogP contribution in [-0.4, -0.2) is 54.4 Å². The van der Waals surface area contributed by atoms with Gasteiger partial charge in [0.05, 0.1) is 0 Å². The van der Waals surface area contributed by atoms with Crippen molar-refractivity contribution >= 4 is 11.8 Å². The first-order valence-electron chi connectivity index (χ1n) is 12.0. The molecule has 1 heterocycles. The number of rotatable bonds is 6. The van der Waals surface area contributed by atoms with E-state index in [1.54, 1.807) is 0 Å². The summed E-state index contributed by atoms with van der Waals surface area (Å²) in [5.41, 5.74) is 2.26. The van der Waals surface area contributed by atoms with E-state index in [0.717, 1.165) is 23.7 Å². The third-order valence-electron chi connectivity index (χ3n) is 6.77. The van der Waals surface area contributed by atoms with Crippen molar-refractivity contribution in [2.45, 2.75) is 78.1 Å². The van der Waals surface area contributed by atoms with Crippen LogP contribution < -0.4 is 4.74 Å². The van der Waals surface area contributed by atoms with Crippen molar-refractivity contribution in [3.05, 3.63) is 29.3 Å². The Bertz CT molecular complexity index is 754. The van der Waals surface area contributed by atoms with E-state index in [4.69, 9.17) is 4.74 Å². The normalized spacial score (nSPS) is 18.2. The molecule has 1 aromatic rings. The number of carbonyl (C=O) groups excluding carboxylic acids is 2. The molecular weight excluding hydrogens is 388 g/mol. The Kier molecular flexibility index (Phi) is 8.01. The summed E-state index contributed by atoms with van der Waals surface area (Å²) in [6, 6.07) is 6.12. The van der Waals surface area contributed by atoms with Crippen LogP contribution in [0.3, 0.4) is 0 Å². The molecule has 1 aliphatic heterocycles. The zero-order valence-electron chi connectivity index (χ0n) is 19.9. The van der Waals surface area contributed by atoms with E-state index in [2.05, 4.69) is 33.8 Å². The molecule has 2 fully saturated rings. The third kappa shape index (κ3) is 6.72. The van der Waals surface area contributed by atoms with Crippen LogP contribution in [-0.2, 0) is 15.0 Å². The Labute approximate surface area is 188 Å². The molecule has 2 aliphatic rings. The maximum absolute atomic E-state index is 12.7. The molecule has 172 valence electrons. The quantitative estimate of drug-likeness (QED) is 0.660. The first kappa shape index (κ1) is 23.6. The Morgan fingerprint density at radius 3 is 2.19 bits per heavy atom. The van der Waals surface area contributed by atoms with Crippen LogP contribution in [0.2, 0.25) is 0 Å². The lowest BCUT2D eigenvalue weighted by Gasteiger charge is -2.35. The number of piperazine rings is 1. The highest BCUT2D eigenvalue weighted by molar-refractivity contribution is 5.79. The molecule has 0 radical (unpaired) electrons. The Morgan fingerprint density at radius 1 is 0.968 bits per heavy atom. The molecule has 1 saturated heterocycles. The van der Waals surface area contributed by atoms with Gasteiger partial charge < -0.3 is 14.5 Å². The second-order valence-corrected chi connectivity index (χ2v) is 10.3. The van der Waals surface area contributed by atoms with Gasteiger partial charge >= 0.3 is 0 Å². The van der Waals surface area contributed by atoms with Gasteiger partial charge in [0, 0.05) is 32.6 Å². The molecule has 5 heteroatoms. The summed E-state index contributed by atoms with van der Waals surface area (Å²) >= 11 is 0. The van der Waals surface area contributed by atoms with Crippen LogP contribution >= 0.6 is 0 Å². The Balaban J connectivity index is 1.44. The van der Waals surface area contributed by atoms with Gasteiger partial charge in [0.2, 0.25) is 5.91 Å². The molecule has 5 nitrogen and oxygen atoms in total. The monoisotopic (exact) mass is 428 g/mol. The fraction of sp³-hybridized carbons (Fsp3) is 0.692. The summed E-state index contributed by atoms with van der Waals surface area (Å²) in [5.74, 6) is 1.76. The molecule has 0 aromatic heterocycles. The SMILES string of the molecule is Cc1ccc(OCC(=O)N2CCN(C(=O)CCC3CCCCC3)CC2)c(C(C)(C)C)c1. The average molecular weight is 429 g/mol. The predicted octanol–water partition coefficient (Wildman–Crippen LogP) is 4.70. The van der Waals surface area contributed by atoms with Crippen molar-refractivity contribution in [1.29, 1.82) is 0 Å². The zero-order chi connectivity index (χ0) is 22.4. The highest BCUT2D eigenvalue weighted by Gasteiger charge is 2.26. The van der Waals surface area contributed by atoms with E-state index in [1.807, 2.05) is 21.9 Å². The number of aryl methyl sites for hydroxylation is 1. The summed E-state index contributed by atoms with van der Waals surface area (Å²) < 4.78 is 5.94. The van der Waals surface area contributed by atoms with Crippen molar-refractivity contribution in [1.82, 2.24) is 9.80 Å². The minimum atomic E-state index is -0.0476. The van der Waals surface area contributed by atoms with E-state index in [0.29, 0.717) is 32.6 Å². The van der Waals surface area contributed by atoms with Crippen molar-refractivity contribution in [2.24, 2.45) is 5.92 Å².